The van der Waals surface area contributed by atoms with Gasteiger partial charge in [0.25, 0.3) is 0 Å². The summed E-state index contributed by atoms with van der Waals surface area (Å²) in [6, 6.07) is 5.60. The van der Waals surface area contributed by atoms with Crippen molar-refractivity contribution in [1.82, 2.24) is 20.4 Å². The van der Waals surface area contributed by atoms with E-state index in [2.05, 4.69) is 10.6 Å². The molecule has 0 aromatic heterocycles. The van der Waals surface area contributed by atoms with Gasteiger partial charge in [-0.25, -0.2) is 14.0 Å². The third kappa shape index (κ3) is 4.84. The molecule has 2 N–H and O–H groups in total. The van der Waals surface area contributed by atoms with Crippen molar-refractivity contribution in [2.75, 3.05) is 20.1 Å². The topological polar surface area (TPSA) is 108 Å². The van der Waals surface area contributed by atoms with Crippen LogP contribution in [0, 0.1) is 17.7 Å². The molecule has 2 saturated carbocycles. The fourth-order valence-corrected chi connectivity index (χ4v) is 5.64. The average molecular weight is 511 g/mol. The number of nitrogens with one attached hydrogen (secondary N) is 2. The Bertz CT molecular complexity index is 1190. The molecule has 3 atom stereocenters. The zero-order chi connectivity index (χ0) is 26.3. The summed E-state index contributed by atoms with van der Waals surface area (Å²) in [5.41, 5.74) is 0.765. The summed E-state index contributed by atoms with van der Waals surface area (Å²) in [5.74, 6) is -0.811. The van der Waals surface area contributed by atoms with Gasteiger partial charge in [0.2, 0.25) is 5.91 Å². The normalized spacial score (nSPS) is 25.3. The minimum atomic E-state index is -0.962. The number of benzene rings is 1. The van der Waals surface area contributed by atoms with Crippen LogP contribution in [0.1, 0.15) is 38.2 Å². The highest BCUT2D eigenvalue weighted by Crippen LogP contribution is 2.48. The number of nitrogens with zero attached hydrogens (tertiary/aromatic N) is 2. The van der Waals surface area contributed by atoms with Crippen LogP contribution in [-0.4, -0.2) is 65.4 Å². The molecular weight excluding hydrogens is 479 g/mol. The molecule has 1 saturated heterocycles. The van der Waals surface area contributed by atoms with Crippen LogP contribution in [0.25, 0.3) is 0 Å². The second kappa shape index (κ2) is 9.64. The quantitative estimate of drug-likeness (QED) is 0.587. The lowest BCUT2D eigenvalue weighted by atomic mass is 9.85. The highest BCUT2D eigenvalue weighted by molar-refractivity contribution is 6.03. The van der Waals surface area contributed by atoms with Gasteiger partial charge in [0.1, 0.15) is 12.4 Å². The van der Waals surface area contributed by atoms with E-state index in [1.165, 1.54) is 24.1 Å². The predicted molar refractivity (Wildman–Crippen MR) is 131 cm³/mol. The van der Waals surface area contributed by atoms with Crippen LogP contribution in [0.15, 0.2) is 47.7 Å². The van der Waals surface area contributed by atoms with E-state index in [0.717, 1.165) is 18.4 Å². The summed E-state index contributed by atoms with van der Waals surface area (Å²) >= 11 is 0. The Morgan fingerprint density at radius 2 is 1.92 bits per heavy atom. The van der Waals surface area contributed by atoms with Crippen molar-refractivity contribution in [3.63, 3.8) is 0 Å². The van der Waals surface area contributed by atoms with Crippen LogP contribution in [0.5, 0.6) is 0 Å². The molecule has 3 fully saturated rings. The average Bonchev–Trinajstić information content (AvgIpc) is 3.61. The van der Waals surface area contributed by atoms with E-state index in [9.17, 15) is 23.6 Å². The Morgan fingerprint density at radius 3 is 2.59 bits per heavy atom. The summed E-state index contributed by atoms with van der Waals surface area (Å²) in [5, 5.41) is 4.97. The maximum atomic E-state index is 13.5. The fourth-order valence-electron chi connectivity index (χ4n) is 5.64. The van der Waals surface area contributed by atoms with E-state index in [1.807, 2.05) is 6.92 Å². The zero-order valence-electron chi connectivity index (χ0n) is 21.0. The van der Waals surface area contributed by atoms with Crippen LogP contribution >= 0.6 is 0 Å². The number of carbonyl (C=O) groups excluding carboxylic acids is 4. The zero-order valence-corrected chi connectivity index (χ0v) is 21.0. The molecule has 10 heteroatoms. The lowest BCUT2D eigenvalue weighted by Gasteiger charge is -2.31. The van der Waals surface area contributed by atoms with Gasteiger partial charge in [0, 0.05) is 25.6 Å². The lowest BCUT2D eigenvalue weighted by Crippen LogP contribution is -2.46. The number of halogens is 1. The summed E-state index contributed by atoms with van der Waals surface area (Å²) in [6.07, 6.45) is 5.76. The van der Waals surface area contributed by atoms with E-state index >= 15 is 0 Å². The molecule has 2 unspecified atom stereocenters. The number of rotatable bonds is 7. The summed E-state index contributed by atoms with van der Waals surface area (Å²) in [6.45, 7) is 2.39. The Hall–Kier alpha value is -3.69. The molecule has 4 amide bonds. The molecule has 9 nitrogen and oxygen atoms in total. The molecule has 1 aromatic carbocycles. The van der Waals surface area contributed by atoms with Gasteiger partial charge in [-0.05, 0) is 67.9 Å². The van der Waals surface area contributed by atoms with Crippen molar-refractivity contribution in [1.29, 1.82) is 0 Å². The lowest BCUT2D eigenvalue weighted by molar-refractivity contribution is -0.135. The van der Waals surface area contributed by atoms with Gasteiger partial charge < -0.3 is 20.3 Å². The molecule has 5 rings (SSSR count). The second-order valence-electron chi connectivity index (χ2n) is 10.3. The number of ketones is 1. The van der Waals surface area contributed by atoms with Crippen molar-refractivity contribution < 1.29 is 28.3 Å². The molecular formula is C27H31FN4O5. The molecule has 0 radical (unpaired) electrons. The Labute approximate surface area is 214 Å². The summed E-state index contributed by atoms with van der Waals surface area (Å²) in [4.78, 5) is 54.2. The van der Waals surface area contributed by atoms with Gasteiger partial charge in [-0.15, -0.1) is 0 Å². The molecule has 196 valence electrons. The van der Waals surface area contributed by atoms with E-state index in [1.54, 1.807) is 29.2 Å². The van der Waals surface area contributed by atoms with Crippen molar-refractivity contribution in [3.05, 3.63) is 59.1 Å². The number of urea groups is 1. The first-order chi connectivity index (χ1) is 17.7. The molecule has 4 aliphatic rings. The number of amides is 4. The first kappa shape index (κ1) is 25.0. The maximum absolute atomic E-state index is 13.5. The van der Waals surface area contributed by atoms with Crippen molar-refractivity contribution in [3.8, 4) is 0 Å². The van der Waals surface area contributed by atoms with E-state index < -0.39 is 23.6 Å². The number of carbonyl (C=O) groups is 4. The minimum Gasteiger partial charge on any atom is -0.436 e. The fraction of sp³-hybridized carbons (Fsp3) is 0.481. The monoisotopic (exact) mass is 510 g/mol. The first-order valence-corrected chi connectivity index (χ1v) is 12.7. The van der Waals surface area contributed by atoms with Gasteiger partial charge in [0.05, 0.1) is 12.2 Å². The number of hydrogen-bond acceptors (Lipinski definition) is 5. The minimum absolute atomic E-state index is 0.00366. The summed E-state index contributed by atoms with van der Waals surface area (Å²) < 4.78 is 19.2. The number of ether oxygens (including phenoxy) is 1. The van der Waals surface area contributed by atoms with Gasteiger partial charge in [0.15, 0.2) is 11.4 Å². The first-order valence-electron chi connectivity index (χ1n) is 12.7. The third-order valence-corrected chi connectivity index (χ3v) is 7.92. The van der Waals surface area contributed by atoms with Crippen molar-refractivity contribution in [2.24, 2.45) is 11.8 Å². The third-order valence-electron chi connectivity index (χ3n) is 7.92. The van der Waals surface area contributed by atoms with Crippen molar-refractivity contribution >= 4 is 23.8 Å². The second-order valence-corrected chi connectivity index (χ2v) is 10.3. The molecule has 1 aliphatic heterocycles. The number of allylic oxidation sites excluding steroid dienone is 3. The number of fused-ring (bicyclic) bond motifs is 2. The number of Topliss-reactive ketones (excluding diaryl/α,β-unsaturated/α-hetero) is 1. The van der Waals surface area contributed by atoms with Crippen LogP contribution in [0.2, 0.25) is 0 Å². The standard InChI is InChI=1S/C27H31FN4O5/c1-16(18-5-6-18)32(13-17-3-7-19(28)8-4-17)23(33)14-31-15-27(37-26(31)36)12-11-20-21(27)9-10-22(24(20)34)30-25(35)29-2/h3-4,7-10,16,18,20H,5-6,11-15H2,1-2H3,(H2,29,30,35)/t16?,20?,27-/m1/s1. The maximum Gasteiger partial charge on any atom is 0.411 e. The summed E-state index contributed by atoms with van der Waals surface area (Å²) in [7, 11) is 1.47. The van der Waals surface area contributed by atoms with Gasteiger partial charge >= 0.3 is 12.1 Å². The molecule has 1 heterocycles. The van der Waals surface area contributed by atoms with Gasteiger partial charge in [-0.2, -0.15) is 0 Å². The van der Waals surface area contributed by atoms with Crippen molar-refractivity contribution in [2.45, 2.75) is 50.8 Å². The van der Waals surface area contributed by atoms with Gasteiger partial charge in [-0.3, -0.25) is 14.5 Å². The van der Waals surface area contributed by atoms with E-state index in [0.29, 0.717) is 30.9 Å². The molecule has 1 aromatic rings. The highest BCUT2D eigenvalue weighted by Gasteiger charge is 2.56. The SMILES string of the molecule is CNC(=O)NC1=CC=C2C(CC[C@@]23CN(CC(=O)N(Cc2ccc(F)cc2)C(C)C2CC2)C(=O)O3)C1=O. The molecule has 3 aliphatic carbocycles. The highest BCUT2D eigenvalue weighted by atomic mass is 19.1. The molecule has 0 bridgehead atoms. The Morgan fingerprint density at radius 1 is 1.19 bits per heavy atom. The Balaban J connectivity index is 1.31. The molecule has 1 spiro atoms. The van der Waals surface area contributed by atoms with Crippen LogP contribution in [-0.2, 0) is 20.9 Å². The van der Waals surface area contributed by atoms with Crippen LogP contribution < -0.4 is 10.6 Å². The Kier molecular flexibility index (Phi) is 6.51. The van der Waals surface area contributed by atoms with Gasteiger partial charge in [-0.1, -0.05) is 18.2 Å². The smallest absolute Gasteiger partial charge is 0.411 e. The molecule has 37 heavy (non-hydrogen) atoms. The largest absolute Gasteiger partial charge is 0.436 e. The van der Waals surface area contributed by atoms with Crippen LogP contribution in [0.3, 0.4) is 0 Å². The predicted octanol–water partition coefficient (Wildman–Crippen LogP) is 2.88. The van der Waals surface area contributed by atoms with E-state index in [-0.39, 0.29) is 42.3 Å². The number of hydrogen-bond donors (Lipinski definition) is 2. The van der Waals surface area contributed by atoms with Crippen LogP contribution in [0.4, 0.5) is 14.0 Å². The van der Waals surface area contributed by atoms with E-state index in [4.69, 9.17) is 4.74 Å².